The summed E-state index contributed by atoms with van der Waals surface area (Å²) in [5.74, 6) is 0. The summed E-state index contributed by atoms with van der Waals surface area (Å²) in [7, 11) is 0. The predicted octanol–water partition coefficient (Wildman–Crippen LogP) is 14.8. The fourth-order valence-electron chi connectivity index (χ4n) is 6.93. The van der Waals surface area contributed by atoms with E-state index in [-0.39, 0.29) is 0 Å². The minimum atomic E-state index is 0.406. The second-order valence-corrected chi connectivity index (χ2v) is 15.1. The molecule has 51 heavy (non-hydrogen) atoms. The molecule has 300 valence electrons. The molecule has 0 aliphatic carbocycles. The summed E-state index contributed by atoms with van der Waals surface area (Å²) in [4.78, 5) is 5.16. The Morgan fingerprint density at radius 1 is 0.353 bits per heavy atom. The molecule has 0 rings (SSSR count). The van der Waals surface area contributed by atoms with Crippen LogP contribution in [0.25, 0.3) is 0 Å². The zero-order valence-corrected chi connectivity index (χ0v) is 35.7. The largest absolute Gasteiger partial charge is 0.375 e. The third kappa shape index (κ3) is 35.6. The first-order valence-electron chi connectivity index (χ1n) is 22.8. The van der Waals surface area contributed by atoms with Gasteiger partial charge in [-0.05, 0) is 116 Å². The van der Waals surface area contributed by atoms with Gasteiger partial charge in [0.15, 0.2) is 0 Å². The van der Waals surface area contributed by atoms with Gasteiger partial charge in [-0.3, -0.25) is 0 Å². The van der Waals surface area contributed by atoms with Gasteiger partial charge in [0, 0.05) is 13.1 Å². The smallest absolute Gasteiger partial charge is 0.0591 e. The Morgan fingerprint density at radius 2 is 0.667 bits per heavy atom. The molecule has 0 amide bonds. The number of unbranched alkanes of at least 4 members (excludes halogenated alkanes) is 16. The quantitative estimate of drug-likeness (QED) is 0.0465. The number of hydrogen-bond donors (Lipinski definition) is 0. The van der Waals surface area contributed by atoms with Crippen molar-refractivity contribution in [3.05, 3.63) is 48.6 Å². The van der Waals surface area contributed by atoms with Gasteiger partial charge >= 0.3 is 0 Å². The van der Waals surface area contributed by atoms with Crippen molar-refractivity contribution in [3.8, 4) is 0 Å². The van der Waals surface area contributed by atoms with E-state index in [1.807, 2.05) is 0 Å². The number of rotatable bonds is 40. The van der Waals surface area contributed by atoms with E-state index >= 15 is 0 Å². The Balaban J connectivity index is 4.62. The molecule has 0 heterocycles. The maximum atomic E-state index is 7.09. The Morgan fingerprint density at radius 3 is 1.00 bits per heavy atom. The Kier molecular flexibility index (Phi) is 40.6. The highest BCUT2D eigenvalue weighted by atomic mass is 16.5. The van der Waals surface area contributed by atoms with Crippen molar-refractivity contribution in [3.63, 3.8) is 0 Å². The van der Waals surface area contributed by atoms with Crippen LogP contribution in [-0.2, 0) is 4.74 Å². The van der Waals surface area contributed by atoms with Crippen molar-refractivity contribution in [2.45, 2.75) is 221 Å². The first kappa shape index (κ1) is 49.8. The highest BCUT2D eigenvalue weighted by Crippen LogP contribution is 2.21. The fraction of sp³-hybridized carbons (Fsp3) is 0.833. The molecule has 0 fully saturated rings. The van der Waals surface area contributed by atoms with Crippen LogP contribution in [-0.4, -0.2) is 61.3 Å². The molecule has 0 aromatic carbocycles. The Labute approximate surface area is 322 Å². The van der Waals surface area contributed by atoms with Crippen LogP contribution in [0.3, 0.4) is 0 Å². The van der Waals surface area contributed by atoms with Crippen LogP contribution in [0.4, 0.5) is 0 Å². The predicted molar refractivity (Wildman–Crippen MR) is 232 cm³/mol. The van der Waals surface area contributed by atoms with Crippen LogP contribution >= 0.6 is 0 Å². The Bertz CT molecular complexity index is 714. The monoisotopic (exact) mass is 713 g/mol. The van der Waals surface area contributed by atoms with Crippen LogP contribution in [0.5, 0.6) is 0 Å². The fourth-order valence-corrected chi connectivity index (χ4v) is 6.93. The van der Waals surface area contributed by atoms with Crippen LogP contribution in [0, 0.1) is 0 Å². The number of hydrogen-bond acceptors (Lipinski definition) is 3. The van der Waals surface area contributed by atoms with Crippen LogP contribution < -0.4 is 0 Å². The molecule has 3 nitrogen and oxygen atoms in total. The molecule has 2 atom stereocenters. The lowest BCUT2D eigenvalue weighted by Crippen LogP contribution is -2.32. The highest BCUT2D eigenvalue weighted by Gasteiger charge is 2.18. The third-order valence-electron chi connectivity index (χ3n) is 10.7. The van der Waals surface area contributed by atoms with Gasteiger partial charge < -0.3 is 14.5 Å². The van der Waals surface area contributed by atoms with E-state index in [4.69, 9.17) is 4.74 Å². The Hall–Kier alpha value is -1.16. The molecule has 2 unspecified atom stereocenters. The van der Waals surface area contributed by atoms with Crippen LogP contribution in [0.1, 0.15) is 208 Å². The summed E-state index contributed by atoms with van der Waals surface area (Å²) in [6, 6.07) is 0. The van der Waals surface area contributed by atoms with Gasteiger partial charge in [0.1, 0.15) is 0 Å². The summed E-state index contributed by atoms with van der Waals surface area (Å²) >= 11 is 0. The SMILES string of the molecule is CCCCC/C=C\C/C=C\CCCCCCCC(CCN(CC)CC)OC(CCCCCCC/C=C\C/C=C\CCCCC)CCN(CC)CC. The molecular formula is C48H92N2O. The molecule has 0 saturated heterocycles. The second-order valence-electron chi connectivity index (χ2n) is 15.1. The van der Waals surface area contributed by atoms with Crippen molar-refractivity contribution in [2.24, 2.45) is 0 Å². The molecule has 0 aromatic heterocycles. The molecule has 0 aliphatic rings. The minimum Gasteiger partial charge on any atom is -0.375 e. The van der Waals surface area contributed by atoms with E-state index in [0.717, 1.165) is 39.0 Å². The lowest BCUT2D eigenvalue weighted by atomic mass is 10.0. The molecule has 0 N–H and O–H groups in total. The molecule has 3 heteroatoms. The molecule has 0 aromatic rings. The molecule has 0 saturated carbocycles. The van der Waals surface area contributed by atoms with Crippen molar-refractivity contribution >= 4 is 0 Å². The first-order valence-corrected chi connectivity index (χ1v) is 22.8. The zero-order chi connectivity index (χ0) is 37.3. The number of allylic oxidation sites excluding steroid dienone is 8. The summed E-state index contributed by atoms with van der Waals surface area (Å²) < 4.78 is 7.09. The van der Waals surface area contributed by atoms with Crippen LogP contribution in [0.2, 0.25) is 0 Å². The maximum Gasteiger partial charge on any atom is 0.0591 e. The topological polar surface area (TPSA) is 15.7 Å². The number of nitrogens with zero attached hydrogens (tertiary/aromatic N) is 2. The minimum absolute atomic E-state index is 0.406. The van der Waals surface area contributed by atoms with Gasteiger partial charge in [-0.1, -0.05) is 167 Å². The van der Waals surface area contributed by atoms with Gasteiger partial charge in [-0.15, -0.1) is 0 Å². The summed E-state index contributed by atoms with van der Waals surface area (Å²) in [6.45, 7) is 20.7. The summed E-state index contributed by atoms with van der Waals surface area (Å²) in [5.41, 5.74) is 0. The van der Waals surface area contributed by atoms with Crippen molar-refractivity contribution < 1.29 is 4.74 Å². The van der Waals surface area contributed by atoms with E-state index in [1.54, 1.807) is 0 Å². The molecule has 0 bridgehead atoms. The highest BCUT2D eigenvalue weighted by molar-refractivity contribution is 4.93. The maximum absolute atomic E-state index is 7.09. The van der Waals surface area contributed by atoms with Gasteiger partial charge in [-0.2, -0.15) is 0 Å². The van der Waals surface area contributed by atoms with E-state index in [9.17, 15) is 0 Å². The molecular weight excluding hydrogens is 621 g/mol. The van der Waals surface area contributed by atoms with E-state index in [1.165, 1.54) is 167 Å². The van der Waals surface area contributed by atoms with E-state index in [2.05, 4.69) is 100.0 Å². The normalized spacial score (nSPS) is 13.8. The first-order chi connectivity index (χ1) is 25.1. The van der Waals surface area contributed by atoms with E-state index in [0.29, 0.717) is 12.2 Å². The summed E-state index contributed by atoms with van der Waals surface area (Å²) in [6.07, 6.45) is 53.2. The lowest BCUT2D eigenvalue weighted by molar-refractivity contribution is -0.0369. The van der Waals surface area contributed by atoms with E-state index < -0.39 is 0 Å². The average Bonchev–Trinajstić information content (AvgIpc) is 3.15. The molecule has 0 radical (unpaired) electrons. The van der Waals surface area contributed by atoms with Crippen LogP contribution in [0.15, 0.2) is 48.6 Å². The zero-order valence-electron chi connectivity index (χ0n) is 35.7. The summed E-state index contributed by atoms with van der Waals surface area (Å²) in [5, 5.41) is 0. The van der Waals surface area contributed by atoms with Gasteiger partial charge in [0.25, 0.3) is 0 Å². The van der Waals surface area contributed by atoms with Crippen molar-refractivity contribution in [1.29, 1.82) is 0 Å². The molecule has 0 spiro atoms. The third-order valence-corrected chi connectivity index (χ3v) is 10.7. The number of ether oxygens (including phenoxy) is 1. The average molecular weight is 713 g/mol. The van der Waals surface area contributed by atoms with Gasteiger partial charge in [0.05, 0.1) is 12.2 Å². The standard InChI is InChI=1S/C48H92N2O/c1-7-13-15-17-19-21-23-25-27-29-31-33-35-37-39-41-47(43-45-49(9-3)10-4)51-48(44-46-50(11-5)12-6)42-40-38-36-34-32-30-28-26-24-22-20-18-16-14-8-2/h19-22,25-28,47-48H,7-18,23-24,29-46H2,1-6H3/b21-19-,22-20-,27-25-,28-26-. The van der Waals surface area contributed by atoms with Crippen molar-refractivity contribution in [2.75, 3.05) is 39.3 Å². The van der Waals surface area contributed by atoms with Gasteiger partial charge in [-0.25, -0.2) is 0 Å². The van der Waals surface area contributed by atoms with Crippen molar-refractivity contribution in [1.82, 2.24) is 9.80 Å². The lowest BCUT2D eigenvalue weighted by Gasteiger charge is -2.29. The second kappa shape index (κ2) is 41.6. The molecule has 0 aliphatic heterocycles. The van der Waals surface area contributed by atoms with Gasteiger partial charge in [0.2, 0.25) is 0 Å².